The van der Waals surface area contributed by atoms with Gasteiger partial charge in [0.2, 0.25) is 5.91 Å². The van der Waals surface area contributed by atoms with Gasteiger partial charge in [-0.2, -0.15) is 5.26 Å². The Bertz CT molecular complexity index is 379. The highest BCUT2D eigenvalue weighted by atomic mass is 32.2. The Labute approximate surface area is 126 Å². The van der Waals surface area contributed by atoms with Crippen molar-refractivity contribution < 1.29 is 4.79 Å². The molecule has 0 N–H and O–H groups in total. The van der Waals surface area contributed by atoms with Gasteiger partial charge < -0.3 is 4.90 Å². The molecular formula is C15H25N3OS. The average Bonchev–Trinajstić information content (AvgIpc) is 2.54. The molecule has 2 rings (SSSR count). The summed E-state index contributed by atoms with van der Waals surface area (Å²) in [5.74, 6) is 0.276. The molecule has 5 heteroatoms. The lowest BCUT2D eigenvalue weighted by atomic mass is 9.96. The standard InChI is InChI=1S/C15H25N3OS/c1-13(14(19)18-8-4-3-5-9-18)17-10-6-15(12-16,20-2)7-11-17/h13H,3-11H2,1-2H3. The molecule has 2 aliphatic heterocycles. The summed E-state index contributed by atoms with van der Waals surface area (Å²) >= 11 is 1.66. The van der Waals surface area contributed by atoms with Gasteiger partial charge in [-0.05, 0) is 45.3 Å². The van der Waals surface area contributed by atoms with E-state index in [1.54, 1.807) is 11.8 Å². The zero-order chi connectivity index (χ0) is 14.6. The molecular weight excluding hydrogens is 270 g/mol. The van der Waals surface area contributed by atoms with Crippen LogP contribution < -0.4 is 0 Å². The number of likely N-dealkylation sites (tertiary alicyclic amines) is 2. The fourth-order valence-corrected chi connectivity index (χ4v) is 3.85. The molecule has 4 nitrogen and oxygen atoms in total. The molecule has 2 saturated heterocycles. The maximum Gasteiger partial charge on any atom is 0.239 e. The Morgan fingerprint density at radius 3 is 2.30 bits per heavy atom. The first kappa shape index (κ1) is 15.7. The topological polar surface area (TPSA) is 47.3 Å². The minimum absolute atomic E-state index is 0.0355. The lowest BCUT2D eigenvalue weighted by molar-refractivity contribution is -0.137. The van der Waals surface area contributed by atoms with Gasteiger partial charge in [0.15, 0.2) is 0 Å². The van der Waals surface area contributed by atoms with Crippen molar-refractivity contribution in [3.8, 4) is 6.07 Å². The summed E-state index contributed by atoms with van der Waals surface area (Å²) in [4.78, 5) is 16.8. The van der Waals surface area contributed by atoms with Gasteiger partial charge in [-0.3, -0.25) is 9.69 Å². The van der Waals surface area contributed by atoms with E-state index in [0.29, 0.717) is 0 Å². The van der Waals surface area contributed by atoms with Crippen LogP contribution in [0.2, 0.25) is 0 Å². The fraction of sp³-hybridized carbons (Fsp3) is 0.867. The van der Waals surface area contributed by atoms with Crippen molar-refractivity contribution in [1.82, 2.24) is 9.80 Å². The number of nitriles is 1. The van der Waals surface area contributed by atoms with E-state index >= 15 is 0 Å². The van der Waals surface area contributed by atoms with Crippen LogP contribution in [0.4, 0.5) is 0 Å². The monoisotopic (exact) mass is 295 g/mol. The minimum Gasteiger partial charge on any atom is -0.341 e. The van der Waals surface area contributed by atoms with Crippen molar-refractivity contribution in [2.75, 3.05) is 32.4 Å². The number of carbonyl (C=O) groups is 1. The molecule has 0 aromatic rings. The van der Waals surface area contributed by atoms with E-state index in [9.17, 15) is 10.1 Å². The van der Waals surface area contributed by atoms with Crippen molar-refractivity contribution in [3.05, 3.63) is 0 Å². The van der Waals surface area contributed by atoms with Gasteiger partial charge in [0.25, 0.3) is 0 Å². The molecule has 0 spiro atoms. The van der Waals surface area contributed by atoms with E-state index in [2.05, 4.69) is 11.0 Å². The molecule has 0 radical (unpaired) electrons. The van der Waals surface area contributed by atoms with Crippen molar-refractivity contribution in [2.45, 2.75) is 49.8 Å². The average molecular weight is 295 g/mol. The van der Waals surface area contributed by atoms with Crippen molar-refractivity contribution >= 4 is 17.7 Å². The zero-order valence-electron chi connectivity index (χ0n) is 12.6. The minimum atomic E-state index is -0.232. The Balaban J connectivity index is 1.89. The number of nitrogens with zero attached hydrogens (tertiary/aromatic N) is 3. The van der Waals surface area contributed by atoms with Crippen LogP contribution in [0, 0.1) is 11.3 Å². The molecule has 0 aliphatic carbocycles. The lowest BCUT2D eigenvalue weighted by Crippen LogP contribution is -2.52. The largest absolute Gasteiger partial charge is 0.341 e. The first-order valence-corrected chi connectivity index (χ1v) is 8.83. The second-order valence-electron chi connectivity index (χ2n) is 5.91. The first-order valence-electron chi connectivity index (χ1n) is 7.61. The van der Waals surface area contributed by atoms with E-state index in [0.717, 1.165) is 51.9 Å². The van der Waals surface area contributed by atoms with Crippen LogP contribution in [0.3, 0.4) is 0 Å². The SMILES string of the molecule is CSC1(C#N)CCN(C(C)C(=O)N2CCCCC2)CC1. The summed E-state index contributed by atoms with van der Waals surface area (Å²) in [7, 11) is 0. The molecule has 2 aliphatic rings. The quantitative estimate of drug-likeness (QED) is 0.800. The summed E-state index contributed by atoms with van der Waals surface area (Å²) < 4.78 is -0.232. The number of carbonyl (C=O) groups excluding carboxylic acids is 1. The van der Waals surface area contributed by atoms with Crippen molar-refractivity contribution in [1.29, 1.82) is 5.26 Å². The Morgan fingerprint density at radius 1 is 1.20 bits per heavy atom. The molecule has 20 heavy (non-hydrogen) atoms. The molecule has 2 heterocycles. The predicted octanol–water partition coefficient (Wildman–Crippen LogP) is 2.11. The number of thioether (sulfide) groups is 1. The van der Waals surface area contributed by atoms with Crippen LogP contribution in [0.5, 0.6) is 0 Å². The molecule has 2 fully saturated rings. The smallest absolute Gasteiger partial charge is 0.239 e. The van der Waals surface area contributed by atoms with Gasteiger partial charge in [0.05, 0.1) is 12.1 Å². The third-order valence-electron chi connectivity index (χ3n) is 4.77. The zero-order valence-corrected chi connectivity index (χ0v) is 13.4. The first-order chi connectivity index (χ1) is 9.62. The molecule has 1 unspecified atom stereocenters. The number of hydrogen-bond donors (Lipinski definition) is 0. The Kier molecular flexibility index (Phi) is 5.34. The number of piperidine rings is 2. The normalized spacial score (nSPS) is 24.9. The summed E-state index contributed by atoms with van der Waals surface area (Å²) in [6, 6.07) is 2.42. The molecule has 0 bridgehead atoms. The van der Waals surface area contributed by atoms with E-state index in [1.807, 2.05) is 18.1 Å². The highest BCUT2D eigenvalue weighted by Crippen LogP contribution is 2.34. The van der Waals surface area contributed by atoms with Gasteiger partial charge in [-0.1, -0.05) is 0 Å². The predicted molar refractivity (Wildman–Crippen MR) is 82.6 cm³/mol. The van der Waals surface area contributed by atoms with Crippen LogP contribution in [0.15, 0.2) is 0 Å². The van der Waals surface area contributed by atoms with E-state index in [1.165, 1.54) is 6.42 Å². The maximum atomic E-state index is 12.5. The maximum absolute atomic E-state index is 12.5. The highest BCUT2D eigenvalue weighted by Gasteiger charge is 2.37. The van der Waals surface area contributed by atoms with Crippen LogP contribution in [0.1, 0.15) is 39.0 Å². The van der Waals surface area contributed by atoms with Crippen molar-refractivity contribution in [3.63, 3.8) is 0 Å². The van der Waals surface area contributed by atoms with Gasteiger partial charge >= 0.3 is 0 Å². The molecule has 0 saturated carbocycles. The highest BCUT2D eigenvalue weighted by molar-refractivity contribution is 8.00. The van der Waals surface area contributed by atoms with Gasteiger partial charge in [0, 0.05) is 26.2 Å². The van der Waals surface area contributed by atoms with Crippen LogP contribution in [0.25, 0.3) is 0 Å². The molecule has 1 amide bonds. The summed E-state index contributed by atoms with van der Waals surface area (Å²) in [6.45, 7) is 5.58. The van der Waals surface area contributed by atoms with Crippen molar-refractivity contribution in [2.24, 2.45) is 0 Å². The third kappa shape index (κ3) is 3.29. The summed E-state index contributed by atoms with van der Waals surface area (Å²) in [5.41, 5.74) is 0. The van der Waals surface area contributed by atoms with Crippen LogP contribution in [-0.2, 0) is 4.79 Å². The second-order valence-corrected chi connectivity index (χ2v) is 7.10. The fourth-order valence-electron chi connectivity index (χ4n) is 3.17. The lowest BCUT2D eigenvalue weighted by Gasteiger charge is -2.40. The Hall–Kier alpha value is -0.730. The number of hydrogen-bond acceptors (Lipinski definition) is 4. The van der Waals surface area contributed by atoms with Crippen LogP contribution >= 0.6 is 11.8 Å². The number of amides is 1. The van der Waals surface area contributed by atoms with Crippen LogP contribution in [-0.4, -0.2) is 58.9 Å². The van der Waals surface area contributed by atoms with E-state index < -0.39 is 0 Å². The summed E-state index contributed by atoms with van der Waals surface area (Å²) in [5, 5.41) is 9.31. The van der Waals surface area contributed by atoms with Gasteiger partial charge in [-0.25, -0.2) is 0 Å². The summed E-state index contributed by atoms with van der Waals surface area (Å²) in [6.07, 6.45) is 7.27. The van der Waals surface area contributed by atoms with E-state index in [4.69, 9.17) is 0 Å². The molecule has 0 aromatic carbocycles. The Morgan fingerprint density at radius 2 is 1.80 bits per heavy atom. The third-order valence-corrected chi connectivity index (χ3v) is 6.05. The van der Waals surface area contributed by atoms with Gasteiger partial charge in [0.1, 0.15) is 4.75 Å². The van der Waals surface area contributed by atoms with Gasteiger partial charge in [-0.15, -0.1) is 11.8 Å². The molecule has 112 valence electrons. The second kappa shape index (κ2) is 6.82. The number of rotatable bonds is 3. The molecule has 0 aromatic heterocycles. The molecule has 1 atom stereocenters. The van der Waals surface area contributed by atoms with E-state index in [-0.39, 0.29) is 16.7 Å².